The predicted octanol–water partition coefficient (Wildman–Crippen LogP) is 3.45. The Labute approximate surface area is 111 Å². The van der Waals surface area contributed by atoms with Crippen LogP contribution in [0.25, 0.3) is 17.1 Å². The van der Waals surface area contributed by atoms with E-state index in [1.165, 1.54) is 0 Å². The minimum absolute atomic E-state index is 0.685. The quantitative estimate of drug-likeness (QED) is 0.702. The lowest BCUT2D eigenvalue weighted by Gasteiger charge is -2.00. The van der Waals surface area contributed by atoms with Crippen molar-refractivity contribution in [2.45, 2.75) is 20.8 Å². The van der Waals surface area contributed by atoms with Crippen LogP contribution in [0.2, 0.25) is 0 Å². The third-order valence-electron chi connectivity index (χ3n) is 3.15. The molecule has 0 aliphatic rings. The topological polar surface area (TPSA) is 43.9 Å². The number of rotatable bonds is 2. The van der Waals surface area contributed by atoms with E-state index < -0.39 is 0 Å². The van der Waals surface area contributed by atoms with Crippen LogP contribution < -0.4 is 0 Å². The fourth-order valence-corrected chi connectivity index (χ4v) is 2.22. The highest BCUT2D eigenvalue weighted by Gasteiger charge is 2.17. The molecule has 2 aromatic heterocycles. The average Bonchev–Trinajstić information content (AvgIpc) is 2.93. The summed E-state index contributed by atoms with van der Waals surface area (Å²) in [4.78, 5) is 0. The summed E-state index contributed by atoms with van der Waals surface area (Å²) in [5, 5.41) is 8.61. The number of nitrogens with zero attached hydrogens (tertiary/aromatic N) is 3. The van der Waals surface area contributed by atoms with E-state index in [0.717, 1.165) is 28.2 Å². The van der Waals surface area contributed by atoms with Gasteiger partial charge in [0.25, 0.3) is 5.88 Å². The van der Waals surface area contributed by atoms with Crippen LogP contribution in [0.3, 0.4) is 0 Å². The molecule has 0 aliphatic heterocycles. The van der Waals surface area contributed by atoms with E-state index in [9.17, 15) is 0 Å². The Bertz CT molecular complexity index is 710. The molecule has 0 N–H and O–H groups in total. The molecule has 0 aliphatic carbocycles. The number of benzene rings is 1. The molecule has 3 aromatic rings. The van der Waals surface area contributed by atoms with E-state index in [1.807, 2.05) is 57.2 Å². The van der Waals surface area contributed by atoms with Crippen LogP contribution in [0.15, 0.2) is 40.9 Å². The Hall–Kier alpha value is -2.36. The molecule has 19 heavy (non-hydrogen) atoms. The lowest BCUT2D eigenvalue weighted by atomic mass is 10.1. The second kappa shape index (κ2) is 4.39. The predicted molar refractivity (Wildman–Crippen MR) is 73.3 cm³/mol. The Morgan fingerprint density at radius 2 is 1.79 bits per heavy atom. The first-order chi connectivity index (χ1) is 9.16. The standard InChI is InChI=1S/C15H15N3O/c1-10-9-11(2)18(16-10)15-12(3)14(17-19-15)13-7-5-4-6-8-13/h4-9H,1-3H3. The van der Waals surface area contributed by atoms with Gasteiger partial charge in [0.15, 0.2) is 0 Å². The van der Waals surface area contributed by atoms with Gasteiger partial charge in [0, 0.05) is 16.8 Å². The van der Waals surface area contributed by atoms with Crippen LogP contribution in [0.5, 0.6) is 0 Å². The van der Waals surface area contributed by atoms with Crippen molar-refractivity contribution in [2.75, 3.05) is 0 Å². The van der Waals surface area contributed by atoms with Crippen molar-refractivity contribution in [3.63, 3.8) is 0 Å². The lowest BCUT2D eigenvalue weighted by Crippen LogP contribution is -1.99. The van der Waals surface area contributed by atoms with E-state index in [1.54, 1.807) is 4.68 Å². The van der Waals surface area contributed by atoms with Gasteiger partial charge in [0.05, 0.1) is 5.69 Å². The summed E-state index contributed by atoms with van der Waals surface area (Å²) in [6, 6.07) is 12.0. The number of hydrogen-bond acceptors (Lipinski definition) is 3. The maximum Gasteiger partial charge on any atom is 0.255 e. The smallest absolute Gasteiger partial charge is 0.255 e. The zero-order valence-electron chi connectivity index (χ0n) is 11.2. The molecule has 4 nitrogen and oxygen atoms in total. The molecule has 0 bridgehead atoms. The van der Waals surface area contributed by atoms with Crippen LogP contribution in [0.4, 0.5) is 0 Å². The van der Waals surface area contributed by atoms with Gasteiger partial charge in [-0.25, -0.2) is 4.68 Å². The zero-order chi connectivity index (χ0) is 13.4. The number of aryl methyl sites for hydroxylation is 2. The van der Waals surface area contributed by atoms with Crippen molar-refractivity contribution < 1.29 is 4.52 Å². The molecule has 0 unspecified atom stereocenters. The van der Waals surface area contributed by atoms with E-state index in [0.29, 0.717) is 5.88 Å². The summed E-state index contributed by atoms with van der Waals surface area (Å²) in [7, 11) is 0. The first kappa shape index (κ1) is 11.7. The maximum atomic E-state index is 5.48. The van der Waals surface area contributed by atoms with Crippen molar-refractivity contribution >= 4 is 0 Å². The molecular weight excluding hydrogens is 238 g/mol. The fourth-order valence-electron chi connectivity index (χ4n) is 2.22. The largest absolute Gasteiger partial charge is 0.335 e. The first-order valence-electron chi connectivity index (χ1n) is 6.22. The summed E-state index contributed by atoms with van der Waals surface area (Å²) in [5.41, 5.74) is 4.92. The Morgan fingerprint density at radius 3 is 2.42 bits per heavy atom. The molecule has 0 saturated heterocycles. The van der Waals surface area contributed by atoms with Crippen molar-refractivity contribution in [3.05, 3.63) is 53.3 Å². The fraction of sp³-hybridized carbons (Fsp3) is 0.200. The molecule has 0 saturated carbocycles. The summed E-state index contributed by atoms with van der Waals surface area (Å²) in [6.07, 6.45) is 0. The summed E-state index contributed by atoms with van der Waals surface area (Å²) in [5.74, 6) is 0.685. The van der Waals surface area contributed by atoms with Gasteiger partial charge in [-0.1, -0.05) is 35.5 Å². The van der Waals surface area contributed by atoms with Gasteiger partial charge < -0.3 is 4.52 Å². The molecule has 96 valence electrons. The van der Waals surface area contributed by atoms with Gasteiger partial charge in [-0.15, -0.1) is 0 Å². The van der Waals surface area contributed by atoms with Crippen LogP contribution in [-0.4, -0.2) is 14.9 Å². The minimum Gasteiger partial charge on any atom is -0.335 e. The summed E-state index contributed by atoms with van der Waals surface area (Å²) in [6.45, 7) is 5.97. The summed E-state index contributed by atoms with van der Waals surface area (Å²) < 4.78 is 7.28. The SMILES string of the molecule is Cc1cc(C)n(-c2onc(-c3ccccc3)c2C)n1. The first-order valence-corrected chi connectivity index (χ1v) is 6.22. The van der Waals surface area contributed by atoms with E-state index in [4.69, 9.17) is 4.52 Å². The maximum absolute atomic E-state index is 5.48. The van der Waals surface area contributed by atoms with Crippen LogP contribution >= 0.6 is 0 Å². The van der Waals surface area contributed by atoms with E-state index in [-0.39, 0.29) is 0 Å². The van der Waals surface area contributed by atoms with Gasteiger partial charge in [0.1, 0.15) is 5.69 Å². The number of hydrogen-bond donors (Lipinski definition) is 0. The third-order valence-corrected chi connectivity index (χ3v) is 3.15. The molecule has 1 aromatic carbocycles. The highest BCUT2D eigenvalue weighted by Crippen LogP contribution is 2.27. The Kier molecular flexibility index (Phi) is 2.71. The zero-order valence-corrected chi connectivity index (χ0v) is 11.2. The molecule has 0 radical (unpaired) electrons. The van der Waals surface area contributed by atoms with Gasteiger partial charge in [-0.2, -0.15) is 5.10 Å². The minimum atomic E-state index is 0.685. The second-order valence-electron chi connectivity index (χ2n) is 4.67. The van der Waals surface area contributed by atoms with E-state index in [2.05, 4.69) is 10.3 Å². The van der Waals surface area contributed by atoms with Crippen molar-refractivity contribution in [3.8, 4) is 17.1 Å². The van der Waals surface area contributed by atoms with Crippen LogP contribution in [-0.2, 0) is 0 Å². The van der Waals surface area contributed by atoms with Crippen molar-refractivity contribution in [2.24, 2.45) is 0 Å². The molecule has 2 heterocycles. The average molecular weight is 253 g/mol. The van der Waals surface area contributed by atoms with Crippen LogP contribution in [0.1, 0.15) is 17.0 Å². The Morgan fingerprint density at radius 1 is 1.05 bits per heavy atom. The molecular formula is C15H15N3O. The van der Waals surface area contributed by atoms with E-state index >= 15 is 0 Å². The summed E-state index contributed by atoms with van der Waals surface area (Å²) >= 11 is 0. The van der Waals surface area contributed by atoms with Gasteiger partial charge in [-0.05, 0) is 26.8 Å². The molecule has 0 fully saturated rings. The van der Waals surface area contributed by atoms with Gasteiger partial charge >= 0.3 is 0 Å². The highest BCUT2D eigenvalue weighted by molar-refractivity contribution is 5.64. The van der Waals surface area contributed by atoms with Gasteiger partial charge in [0.2, 0.25) is 0 Å². The van der Waals surface area contributed by atoms with Crippen molar-refractivity contribution in [1.29, 1.82) is 0 Å². The molecule has 0 amide bonds. The number of aromatic nitrogens is 3. The highest BCUT2D eigenvalue weighted by atomic mass is 16.5. The van der Waals surface area contributed by atoms with Crippen LogP contribution in [0, 0.1) is 20.8 Å². The van der Waals surface area contributed by atoms with Crippen molar-refractivity contribution in [1.82, 2.24) is 14.9 Å². The monoisotopic (exact) mass is 253 g/mol. The Balaban J connectivity index is 2.12. The molecule has 4 heteroatoms. The normalized spacial score (nSPS) is 10.9. The molecule has 0 atom stereocenters. The van der Waals surface area contributed by atoms with Gasteiger partial charge in [-0.3, -0.25) is 0 Å². The lowest BCUT2D eigenvalue weighted by molar-refractivity contribution is 0.397. The third kappa shape index (κ3) is 1.95. The molecule has 0 spiro atoms. The molecule has 3 rings (SSSR count). The second-order valence-corrected chi connectivity index (χ2v) is 4.67.